The Bertz CT molecular complexity index is 631. The molecule has 0 saturated heterocycles. The van der Waals surface area contributed by atoms with Crippen molar-refractivity contribution in [2.24, 2.45) is 0 Å². The van der Waals surface area contributed by atoms with E-state index in [9.17, 15) is 4.79 Å². The van der Waals surface area contributed by atoms with Gasteiger partial charge in [-0.05, 0) is 40.2 Å². The van der Waals surface area contributed by atoms with E-state index in [4.69, 9.17) is 28.9 Å². The maximum absolute atomic E-state index is 12.2. The van der Waals surface area contributed by atoms with E-state index in [1.165, 1.54) is 12.3 Å². The van der Waals surface area contributed by atoms with Crippen molar-refractivity contribution in [1.82, 2.24) is 4.98 Å². The molecule has 6 heteroatoms. The Balaban J connectivity index is 2.47. The van der Waals surface area contributed by atoms with Crippen LogP contribution in [0, 0.1) is 0 Å². The number of halogens is 3. The van der Waals surface area contributed by atoms with Gasteiger partial charge in [-0.3, -0.25) is 4.79 Å². The number of benzene rings is 1. The molecule has 0 amide bonds. The highest BCUT2D eigenvalue weighted by Crippen LogP contribution is 2.25. The van der Waals surface area contributed by atoms with Gasteiger partial charge >= 0.3 is 0 Å². The summed E-state index contributed by atoms with van der Waals surface area (Å²) in [4.78, 5) is 16.1. The normalized spacial score (nSPS) is 10.4. The van der Waals surface area contributed by atoms with E-state index in [2.05, 4.69) is 20.9 Å². The first-order valence-electron chi connectivity index (χ1n) is 4.90. The first-order chi connectivity index (χ1) is 8.49. The van der Waals surface area contributed by atoms with Gasteiger partial charge in [-0.15, -0.1) is 0 Å². The maximum atomic E-state index is 12.2. The number of hydrogen-bond acceptors (Lipinski definition) is 3. The van der Waals surface area contributed by atoms with Gasteiger partial charge in [-0.1, -0.05) is 23.2 Å². The van der Waals surface area contributed by atoms with Crippen LogP contribution in [0.4, 0.5) is 5.82 Å². The van der Waals surface area contributed by atoms with Crippen LogP contribution in [0.3, 0.4) is 0 Å². The molecule has 3 nitrogen and oxygen atoms in total. The van der Waals surface area contributed by atoms with Crippen molar-refractivity contribution in [3.8, 4) is 0 Å². The van der Waals surface area contributed by atoms with Crippen molar-refractivity contribution < 1.29 is 4.79 Å². The smallest absolute Gasteiger partial charge is 0.196 e. The number of nitrogens with zero attached hydrogens (tertiary/aromatic N) is 1. The molecule has 0 unspecified atom stereocenters. The summed E-state index contributed by atoms with van der Waals surface area (Å²) in [6.07, 6.45) is 1.39. The lowest BCUT2D eigenvalue weighted by molar-refractivity contribution is 0.103. The average Bonchev–Trinajstić information content (AvgIpc) is 2.35. The molecule has 0 spiro atoms. The largest absolute Gasteiger partial charge is 0.383 e. The van der Waals surface area contributed by atoms with Crippen LogP contribution in [0.1, 0.15) is 15.9 Å². The van der Waals surface area contributed by atoms with Crippen molar-refractivity contribution >= 4 is 50.7 Å². The number of nitrogen functional groups attached to an aromatic ring is 1. The van der Waals surface area contributed by atoms with Crippen LogP contribution < -0.4 is 5.73 Å². The second-order valence-corrected chi connectivity index (χ2v) is 5.24. The van der Waals surface area contributed by atoms with Crippen LogP contribution in [0.2, 0.25) is 10.0 Å². The van der Waals surface area contributed by atoms with Gasteiger partial charge in [0.05, 0.1) is 15.6 Å². The van der Waals surface area contributed by atoms with Crippen molar-refractivity contribution in [1.29, 1.82) is 0 Å². The van der Waals surface area contributed by atoms with Gasteiger partial charge in [0.2, 0.25) is 0 Å². The molecule has 1 heterocycles. The van der Waals surface area contributed by atoms with Crippen LogP contribution in [0.15, 0.2) is 34.9 Å². The summed E-state index contributed by atoms with van der Waals surface area (Å²) in [5.74, 6) is -0.102. The molecule has 0 atom stereocenters. The molecule has 0 aliphatic heterocycles. The fourth-order valence-electron chi connectivity index (χ4n) is 1.42. The van der Waals surface area contributed by atoms with Crippen molar-refractivity contribution in [3.05, 3.63) is 56.1 Å². The topological polar surface area (TPSA) is 56.0 Å². The number of ketones is 1. The molecule has 2 N–H and O–H groups in total. The molecule has 0 saturated carbocycles. The third-order valence-electron chi connectivity index (χ3n) is 2.31. The number of anilines is 1. The molecule has 0 aliphatic rings. The molecule has 0 aliphatic carbocycles. The first-order valence-corrected chi connectivity index (χ1v) is 6.44. The predicted molar refractivity (Wildman–Crippen MR) is 76.2 cm³/mol. The number of rotatable bonds is 2. The van der Waals surface area contributed by atoms with E-state index in [0.29, 0.717) is 20.1 Å². The average molecular weight is 346 g/mol. The fraction of sp³-hybridized carbons (Fsp3) is 0. The summed E-state index contributed by atoms with van der Waals surface area (Å²) < 4.78 is 0.642. The fourth-order valence-corrected chi connectivity index (χ4v) is 2.08. The number of nitrogens with two attached hydrogens (primary N) is 1. The summed E-state index contributed by atoms with van der Waals surface area (Å²) in [6.45, 7) is 0. The second kappa shape index (κ2) is 5.26. The molecule has 2 aromatic rings. The van der Waals surface area contributed by atoms with Gasteiger partial charge < -0.3 is 5.73 Å². The Hall–Kier alpha value is -1.10. The summed E-state index contributed by atoms with van der Waals surface area (Å²) >= 11 is 14.9. The summed E-state index contributed by atoms with van der Waals surface area (Å²) in [5.41, 5.74) is 6.40. The molecule has 18 heavy (non-hydrogen) atoms. The second-order valence-electron chi connectivity index (χ2n) is 3.54. The van der Waals surface area contributed by atoms with E-state index in [1.54, 1.807) is 18.2 Å². The number of pyridine rings is 1. The summed E-state index contributed by atoms with van der Waals surface area (Å²) in [6, 6.07) is 6.38. The quantitative estimate of drug-likeness (QED) is 0.838. The highest BCUT2D eigenvalue weighted by Gasteiger charge is 2.15. The summed E-state index contributed by atoms with van der Waals surface area (Å²) in [5, 5.41) is 0.893. The van der Waals surface area contributed by atoms with Gasteiger partial charge in [0, 0.05) is 16.2 Å². The molecule has 1 aromatic carbocycles. The number of aromatic nitrogens is 1. The Morgan fingerprint density at radius 2 is 2.00 bits per heavy atom. The van der Waals surface area contributed by atoms with Gasteiger partial charge in [0.15, 0.2) is 5.78 Å². The van der Waals surface area contributed by atoms with Crippen LogP contribution in [0.5, 0.6) is 0 Å². The predicted octanol–water partition coefficient (Wildman–Crippen LogP) is 3.96. The van der Waals surface area contributed by atoms with Crippen molar-refractivity contribution in [3.63, 3.8) is 0 Å². The lowest BCUT2D eigenvalue weighted by atomic mass is 10.0. The Kier molecular flexibility index (Phi) is 3.90. The minimum absolute atomic E-state index is 0.149. The Labute approximate surface area is 122 Å². The van der Waals surface area contributed by atoms with Crippen LogP contribution in [-0.4, -0.2) is 10.8 Å². The molecular weight excluding hydrogens is 339 g/mol. The van der Waals surface area contributed by atoms with Crippen LogP contribution in [0.25, 0.3) is 0 Å². The standard InChI is InChI=1S/C12H7BrCl2N2O/c13-9-3-6(1-2-10(9)15)11(18)8-4-7(14)5-17-12(8)16/h1-5H,(H2,16,17). The zero-order valence-electron chi connectivity index (χ0n) is 8.95. The van der Waals surface area contributed by atoms with Gasteiger partial charge in [0.1, 0.15) is 5.82 Å². The third kappa shape index (κ3) is 2.66. The van der Waals surface area contributed by atoms with Crippen molar-refractivity contribution in [2.75, 3.05) is 5.73 Å². The molecular formula is C12H7BrCl2N2O. The molecule has 0 bridgehead atoms. The Morgan fingerprint density at radius 3 is 2.67 bits per heavy atom. The zero-order valence-corrected chi connectivity index (χ0v) is 12.1. The van der Waals surface area contributed by atoms with Gasteiger partial charge in [-0.2, -0.15) is 0 Å². The number of carbonyl (C=O) groups excluding carboxylic acids is 1. The molecule has 0 fully saturated rings. The van der Waals surface area contributed by atoms with E-state index in [1.807, 2.05) is 0 Å². The van der Waals surface area contributed by atoms with Gasteiger partial charge in [0.25, 0.3) is 0 Å². The number of carbonyl (C=O) groups is 1. The Morgan fingerprint density at radius 1 is 1.28 bits per heavy atom. The SMILES string of the molecule is Nc1ncc(Cl)cc1C(=O)c1ccc(Cl)c(Br)c1. The minimum atomic E-state index is -0.250. The third-order valence-corrected chi connectivity index (χ3v) is 3.73. The highest BCUT2D eigenvalue weighted by molar-refractivity contribution is 9.10. The molecule has 0 radical (unpaired) electrons. The highest BCUT2D eigenvalue weighted by atomic mass is 79.9. The molecule has 2 rings (SSSR count). The van der Waals surface area contributed by atoms with Crippen LogP contribution in [-0.2, 0) is 0 Å². The lowest BCUT2D eigenvalue weighted by Crippen LogP contribution is -2.07. The molecule has 92 valence electrons. The van der Waals surface area contributed by atoms with Gasteiger partial charge in [-0.25, -0.2) is 4.98 Å². The zero-order chi connectivity index (χ0) is 13.3. The van der Waals surface area contributed by atoms with Crippen LogP contribution >= 0.6 is 39.1 Å². The maximum Gasteiger partial charge on any atom is 0.196 e. The first kappa shape index (κ1) is 13.3. The summed E-state index contributed by atoms with van der Waals surface area (Å²) in [7, 11) is 0. The van der Waals surface area contributed by atoms with Crippen molar-refractivity contribution in [2.45, 2.75) is 0 Å². The van der Waals surface area contributed by atoms with E-state index >= 15 is 0 Å². The van der Waals surface area contributed by atoms with E-state index < -0.39 is 0 Å². The lowest BCUT2D eigenvalue weighted by Gasteiger charge is -2.05. The van der Waals surface area contributed by atoms with E-state index in [0.717, 1.165) is 0 Å². The van der Waals surface area contributed by atoms with E-state index in [-0.39, 0.29) is 17.2 Å². The molecule has 1 aromatic heterocycles. The monoisotopic (exact) mass is 344 g/mol. The minimum Gasteiger partial charge on any atom is -0.383 e. The number of hydrogen-bond donors (Lipinski definition) is 1.